The van der Waals surface area contributed by atoms with Crippen molar-refractivity contribution in [2.75, 3.05) is 0 Å². The van der Waals surface area contributed by atoms with Crippen molar-refractivity contribution in [1.82, 2.24) is 10.3 Å². The minimum absolute atomic E-state index is 0.168. The van der Waals surface area contributed by atoms with E-state index in [-0.39, 0.29) is 4.90 Å². The minimum atomic E-state index is -3.77. The third-order valence-electron chi connectivity index (χ3n) is 3.72. The maximum Gasteiger partial charge on any atom is 0.266 e. The summed E-state index contributed by atoms with van der Waals surface area (Å²) in [4.78, 5) is 14.2. The summed E-state index contributed by atoms with van der Waals surface area (Å²) >= 11 is 0. The van der Waals surface area contributed by atoms with Crippen LogP contribution in [-0.2, 0) is 22.9 Å². The Morgan fingerprint density at radius 3 is 2.45 bits per heavy atom. The lowest BCUT2D eigenvalue weighted by Crippen LogP contribution is -2.41. The maximum atomic E-state index is 12.2. The zero-order valence-electron chi connectivity index (χ0n) is 11.9. The second-order valence-electron chi connectivity index (χ2n) is 5.21. The molecule has 22 heavy (non-hydrogen) atoms. The molecule has 5 nitrogen and oxygen atoms in total. The van der Waals surface area contributed by atoms with E-state index in [0.717, 1.165) is 24.8 Å². The van der Waals surface area contributed by atoms with Gasteiger partial charge in [-0.2, -0.15) is 0 Å². The quantitative estimate of drug-likeness (QED) is 0.845. The van der Waals surface area contributed by atoms with E-state index in [2.05, 4.69) is 10.3 Å². The van der Waals surface area contributed by atoms with Crippen LogP contribution in [-0.4, -0.2) is 14.3 Å². The first-order valence-electron chi connectivity index (χ1n) is 7.05. The molecule has 0 saturated carbocycles. The molecule has 0 aliphatic heterocycles. The van der Waals surface area contributed by atoms with Crippen LogP contribution < -0.4 is 10.3 Å². The van der Waals surface area contributed by atoms with E-state index in [1.54, 1.807) is 42.5 Å². The third kappa shape index (κ3) is 3.03. The van der Waals surface area contributed by atoms with Crippen LogP contribution in [0.5, 0.6) is 0 Å². The fraction of sp³-hybridized carbons (Fsp3) is 0.188. The molecule has 0 fully saturated rings. The van der Waals surface area contributed by atoms with Gasteiger partial charge < -0.3 is 0 Å². The zero-order valence-corrected chi connectivity index (χ0v) is 12.7. The first kappa shape index (κ1) is 14.7. The minimum Gasteiger partial charge on any atom is -0.273 e. The summed E-state index contributed by atoms with van der Waals surface area (Å²) in [5.74, 6) is -0.495. The summed E-state index contributed by atoms with van der Waals surface area (Å²) in [5.41, 5.74) is 4.88. The molecule has 0 heterocycles. The van der Waals surface area contributed by atoms with Crippen molar-refractivity contribution in [3.63, 3.8) is 0 Å². The third-order valence-corrected chi connectivity index (χ3v) is 4.96. The van der Waals surface area contributed by atoms with Gasteiger partial charge >= 0.3 is 0 Å². The predicted molar refractivity (Wildman–Crippen MR) is 82.7 cm³/mol. The number of hydrogen-bond acceptors (Lipinski definition) is 3. The lowest BCUT2D eigenvalue weighted by Gasteiger charge is -2.09. The zero-order chi connectivity index (χ0) is 15.6. The van der Waals surface area contributed by atoms with Gasteiger partial charge in [-0.25, -0.2) is 8.42 Å². The fourth-order valence-electron chi connectivity index (χ4n) is 2.55. The van der Waals surface area contributed by atoms with Gasteiger partial charge in [0.05, 0.1) is 4.90 Å². The molecule has 2 N–H and O–H groups in total. The van der Waals surface area contributed by atoms with Crippen LogP contribution in [0.25, 0.3) is 0 Å². The molecule has 0 saturated heterocycles. The summed E-state index contributed by atoms with van der Waals surface area (Å²) in [5, 5.41) is 0. The largest absolute Gasteiger partial charge is 0.273 e. The smallest absolute Gasteiger partial charge is 0.266 e. The van der Waals surface area contributed by atoms with Crippen molar-refractivity contribution in [2.24, 2.45) is 0 Å². The molecule has 1 aliphatic rings. The van der Waals surface area contributed by atoms with Crippen LogP contribution in [0.2, 0.25) is 0 Å². The number of sulfonamides is 1. The Morgan fingerprint density at radius 2 is 1.68 bits per heavy atom. The van der Waals surface area contributed by atoms with Crippen LogP contribution >= 0.6 is 0 Å². The van der Waals surface area contributed by atoms with E-state index in [9.17, 15) is 13.2 Å². The molecule has 1 amide bonds. The summed E-state index contributed by atoms with van der Waals surface area (Å²) in [6.45, 7) is 0. The predicted octanol–water partition coefficient (Wildman–Crippen LogP) is 1.80. The van der Waals surface area contributed by atoms with Gasteiger partial charge in [-0.3, -0.25) is 10.2 Å². The molecular formula is C16H16N2O3S. The summed E-state index contributed by atoms with van der Waals surface area (Å²) in [6.07, 6.45) is 2.94. The molecule has 0 radical (unpaired) electrons. The Hall–Kier alpha value is -2.18. The van der Waals surface area contributed by atoms with Crippen LogP contribution in [0, 0.1) is 0 Å². The normalized spacial score (nSPS) is 13.6. The Balaban J connectivity index is 1.73. The second kappa shape index (κ2) is 5.90. The number of nitrogens with one attached hydrogen (secondary N) is 2. The van der Waals surface area contributed by atoms with Crippen LogP contribution in [0.3, 0.4) is 0 Å². The number of fused-ring (bicyclic) bond motifs is 1. The molecule has 0 unspecified atom stereocenters. The molecule has 1 aliphatic carbocycles. The first-order valence-corrected chi connectivity index (χ1v) is 8.53. The highest BCUT2D eigenvalue weighted by Gasteiger charge is 2.19. The standard InChI is InChI=1S/C16H16N2O3S/c19-16(13-5-2-1-3-6-13)17-18-22(20,21)15-10-9-12-7-4-8-14(12)11-15/h1-3,5-6,9-11,18H,4,7-8H2,(H,17,19). The average Bonchev–Trinajstić information content (AvgIpc) is 3.01. The molecular weight excluding hydrogens is 300 g/mol. The van der Waals surface area contributed by atoms with E-state index >= 15 is 0 Å². The lowest BCUT2D eigenvalue weighted by molar-refractivity contribution is 0.0945. The molecule has 0 aromatic heterocycles. The highest BCUT2D eigenvalue weighted by molar-refractivity contribution is 7.89. The van der Waals surface area contributed by atoms with Gasteiger partial charge in [-0.15, -0.1) is 4.83 Å². The van der Waals surface area contributed by atoms with Gasteiger partial charge in [-0.1, -0.05) is 24.3 Å². The molecule has 2 aromatic carbocycles. The van der Waals surface area contributed by atoms with Gasteiger partial charge in [0, 0.05) is 5.56 Å². The van der Waals surface area contributed by atoms with Crippen molar-refractivity contribution in [3.8, 4) is 0 Å². The molecule has 6 heteroatoms. The fourth-order valence-corrected chi connectivity index (χ4v) is 3.44. The van der Waals surface area contributed by atoms with E-state index in [1.165, 1.54) is 5.56 Å². The number of benzene rings is 2. The van der Waals surface area contributed by atoms with Gasteiger partial charge in [-0.05, 0) is 54.7 Å². The van der Waals surface area contributed by atoms with Gasteiger partial charge in [0.15, 0.2) is 0 Å². The van der Waals surface area contributed by atoms with Crippen LogP contribution in [0.1, 0.15) is 27.9 Å². The van der Waals surface area contributed by atoms with Crippen molar-refractivity contribution < 1.29 is 13.2 Å². The number of hydrogen-bond donors (Lipinski definition) is 2. The van der Waals surface area contributed by atoms with Crippen molar-refractivity contribution in [3.05, 3.63) is 65.2 Å². The van der Waals surface area contributed by atoms with E-state index in [1.807, 2.05) is 6.07 Å². The Kier molecular flexibility index (Phi) is 3.96. The highest BCUT2D eigenvalue weighted by atomic mass is 32.2. The van der Waals surface area contributed by atoms with E-state index in [0.29, 0.717) is 5.56 Å². The highest BCUT2D eigenvalue weighted by Crippen LogP contribution is 2.24. The van der Waals surface area contributed by atoms with Crippen molar-refractivity contribution >= 4 is 15.9 Å². The number of rotatable bonds is 4. The van der Waals surface area contributed by atoms with Gasteiger partial charge in [0.2, 0.25) is 0 Å². The molecule has 114 valence electrons. The monoisotopic (exact) mass is 316 g/mol. The van der Waals surface area contributed by atoms with Crippen molar-refractivity contribution in [1.29, 1.82) is 0 Å². The summed E-state index contributed by atoms with van der Waals surface area (Å²) in [7, 11) is -3.77. The van der Waals surface area contributed by atoms with Gasteiger partial charge in [0.1, 0.15) is 0 Å². The number of carbonyl (C=O) groups is 1. The summed E-state index contributed by atoms with van der Waals surface area (Å²) < 4.78 is 24.5. The van der Waals surface area contributed by atoms with Crippen LogP contribution in [0.4, 0.5) is 0 Å². The maximum absolute atomic E-state index is 12.2. The molecule has 3 rings (SSSR count). The lowest BCUT2D eigenvalue weighted by atomic mass is 10.1. The number of amides is 1. The summed E-state index contributed by atoms with van der Waals surface area (Å²) in [6, 6.07) is 13.5. The molecule has 0 atom stereocenters. The Bertz CT molecular complexity index is 801. The topological polar surface area (TPSA) is 75.3 Å². The average molecular weight is 316 g/mol. The first-order chi connectivity index (χ1) is 10.6. The molecule has 0 bridgehead atoms. The molecule has 2 aromatic rings. The Labute approximate surface area is 129 Å². The van der Waals surface area contributed by atoms with E-state index < -0.39 is 15.9 Å². The van der Waals surface area contributed by atoms with Crippen LogP contribution in [0.15, 0.2) is 53.4 Å². The van der Waals surface area contributed by atoms with Gasteiger partial charge in [0.25, 0.3) is 15.9 Å². The Morgan fingerprint density at radius 1 is 0.955 bits per heavy atom. The van der Waals surface area contributed by atoms with E-state index in [4.69, 9.17) is 0 Å². The number of hydrazine groups is 1. The molecule has 0 spiro atoms. The van der Waals surface area contributed by atoms with Crippen molar-refractivity contribution in [2.45, 2.75) is 24.2 Å². The SMILES string of the molecule is O=C(NNS(=O)(=O)c1ccc2c(c1)CCC2)c1ccccc1. The number of carbonyl (C=O) groups excluding carboxylic acids is 1. The second-order valence-corrected chi connectivity index (χ2v) is 6.89. The number of aryl methyl sites for hydroxylation is 2.